The first-order valence-corrected chi connectivity index (χ1v) is 10.3. The molecule has 1 heterocycles. The second-order valence-corrected chi connectivity index (χ2v) is 9.29. The lowest BCUT2D eigenvalue weighted by Crippen LogP contribution is -2.60. The average molecular weight is 385 g/mol. The van der Waals surface area contributed by atoms with Crippen LogP contribution in [-0.4, -0.2) is 54.7 Å². The molecule has 2 unspecified atom stereocenters. The highest BCUT2D eigenvalue weighted by atomic mass is 32.2. The summed E-state index contributed by atoms with van der Waals surface area (Å²) in [4.78, 5) is 13.9. The molecule has 1 saturated heterocycles. The summed E-state index contributed by atoms with van der Waals surface area (Å²) in [7, 11) is -3.66. The first-order valence-electron chi connectivity index (χ1n) is 8.53. The Morgan fingerprint density at radius 1 is 1.31 bits per heavy atom. The molecule has 0 bridgehead atoms. The number of rotatable bonds is 4. The zero-order chi connectivity index (χ0) is 19.6. The number of nitrogens with zero attached hydrogens (tertiary/aromatic N) is 1. The van der Waals surface area contributed by atoms with Gasteiger partial charge in [-0.15, -0.1) is 0 Å². The smallest absolute Gasteiger partial charge is 0.412 e. The molecule has 1 aliphatic rings. The standard InChI is InChI=1S/C18H27NO6S/c1-17(2,3)24-16(20)19-11-10-15(25-26(4,22)23)13-18(19,21)12-14-8-6-5-7-9-14/h5-9,15,21H,10-13H2,1-4H3. The average Bonchev–Trinajstić information content (AvgIpc) is 2.44. The molecule has 2 atom stereocenters. The number of likely N-dealkylation sites (tertiary alicyclic amines) is 1. The summed E-state index contributed by atoms with van der Waals surface area (Å²) in [6.07, 6.45) is 0.0730. The van der Waals surface area contributed by atoms with Gasteiger partial charge in [-0.3, -0.25) is 9.08 Å². The van der Waals surface area contributed by atoms with Gasteiger partial charge in [0, 0.05) is 19.4 Å². The third-order valence-electron chi connectivity index (χ3n) is 3.99. The molecule has 0 aromatic heterocycles. The number of ether oxygens (including phenoxy) is 1. The van der Waals surface area contributed by atoms with Gasteiger partial charge in [-0.25, -0.2) is 4.79 Å². The number of benzene rings is 1. The van der Waals surface area contributed by atoms with Crippen molar-refractivity contribution in [1.82, 2.24) is 4.90 Å². The van der Waals surface area contributed by atoms with Gasteiger partial charge in [0.1, 0.15) is 11.3 Å². The van der Waals surface area contributed by atoms with E-state index in [1.165, 1.54) is 4.90 Å². The molecule has 1 amide bonds. The lowest BCUT2D eigenvalue weighted by Gasteiger charge is -2.45. The van der Waals surface area contributed by atoms with Gasteiger partial charge in [-0.05, 0) is 32.8 Å². The minimum absolute atomic E-state index is 0.0196. The van der Waals surface area contributed by atoms with Crippen molar-refractivity contribution in [2.45, 2.75) is 57.5 Å². The van der Waals surface area contributed by atoms with Gasteiger partial charge < -0.3 is 9.84 Å². The highest BCUT2D eigenvalue weighted by Gasteiger charge is 2.46. The second kappa shape index (κ2) is 7.54. The highest BCUT2D eigenvalue weighted by molar-refractivity contribution is 7.86. The van der Waals surface area contributed by atoms with Gasteiger partial charge in [0.15, 0.2) is 0 Å². The molecule has 1 N–H and O–H groups in total. The zero-order valence-electron chi connectivity index (χ0n) is 15.6. The van der Waals surface area contributed by atoms with Crippen LogP contribution in [0.15, 0.2) is 30.3 Å². The Labute approximate surface area is 155 Å². The van der Waals surface area contributed by atoms with Crippen LogP contribution in [0.1, 0.15) is 39.2 Å². The van der Waals surface area contributed by atoms with E-state index in [1.54, 1.807) is 20.8 Å². The van der Waals surface area contributed by atoms with Crippen LogP contribution in [0.4, 0.5) is 4.79 Å². The minimum Gasteiger partial charge on any atom is -0.444 e. The van der Waals surface area contributed by atoms with Crippen LogP contribution in [0.25, 0.3) is 0 Å². The van der Waals surface area contributed by atoms with Gasteiger partial charge >= 0.3 is 6.09 Å². The maximum atomic E-state index is 12.6. The molecule has 8 heteroatoms. The molecular formula is C18H27NO6S. The van der Waals surface area contributed by atoms with E-state index >= 15 is 0 Å². The summed E-state index contributed by atoms with van der Waals surface area (Å²) in [5.41, 5.74) is -1.48. The summed E-state index contributed by atoms with van der Waals surface area (Å²) in [6.45, 7) is 5.39. The lowest BCUT2D eigenvalue weighted by molar-refractivity contribution is -0.146. The molecule has 1 aromatic carbocycles. The van der Waals surface area contributed by atoms with E-state index in [2.05, 4.69) is 0 Å². The Kier molecular flexibility index (Phi) is 5.99. The lowest BCUT2D eigenvalue weighted by atomic mass is 9.90. The fraction of sp³-hybridized carbons (Fsp3) is 0.611. The second-order valence-electron chi connectivity index (χ2n) is 7.69. The van der Waals surface area contributed by atoms with Crippen molar-refractivity contribution in [3.05, 3.63) is 35.9 Å². The van der Waals surface area contributed by atoms with Gasteiger partial charge in [-0.1, -0.05) is 30.3 Å². The monoisotopic (exact) mass is 385 g/mol. The third-order valence-corrected chi connectivity index (χ3v) is 4.61. The SMILES string of the molecule is CC(C)(C)OC(=O)N1CCC(OS(C)(=O)=O)CC1(O)Cc1ccccc1. The van der Waals surface area contributed by atoms with Crippen LogP contribution >= 0.6 is 0 Å². The molecule has 1 aromatic rings. The topological polar surface area (TPSA) is 93.1 Å². The summed E-state index contributed by atoms with van der Waals surface area (Å²) < 4.78 is 33.4. The predicted molar refractivity (Wildman–Crippen MR) is 97.0 cm³/mol. The summed E-state index contributed by atoms with van der Waals surface area (Å²) >= 11 is 0. The number of amides is 1. The molecule has 0 radical (unpaired) electrons. The van der Waals surface area contributed by atoms with Gasteiger partial charge in [0.2, 0.25) is 0 Å². The fourth-order valence-corrected chi connectivity index (χ4v) is 3.71. The van der Waals surface area contributed by atoms with Crippen LogP contribution < -0.4 is 0 Å². The van der Waals surface area contributed by atoms with Crippen LogP contribution in [0.2, 0.25) is 0 Å². The van der Waals surface area contributed by atoms with Crippen molar-refractivity contribution in [2.75, 3.05) is 12.8 Å². The normalized spacial score (nSPS) is 24.3. The number of piperidine rings is 1. The van der Waals surface area contributed by atoms with Crippen LogP contribution in [0.5, 0.6) is 0 Å². The van der Waals surface area contributed by atoms with Crippen LogP contribution in [0.3, 0.4) is 0 Å². The van der Waals surface area contributed by atoms with Crippen molar-refractivity contribution >= 4 is 16.2 Å². The fourth-order valence-electron chi connectivity index (χ4n) is 3.06. The Hall–Kier alpha value is -1.64. The van der Waals surface area contributed by atoms with E-state index in [1.807, 2.05) is 30.3 Å². The summed E-state index contributed by atoms with van der Waals surface area (Å²) in [5.74, 6) is 0. The number of hydrogen-bond acceptors (Lipinski definition) is 6. The molecule has 0 aliphatic carbocycles. The molecule has 1 aliphatic heterocycles. The maximum Gasteiger partial charge on any atom is 0.412 e. The van der Waals surface area contributed by atoms with E-state index in [-0.39, 0.29) is 19.4 Å². The van der Waals surface area contributed by atoms with E-state index in [9.17, 15) is 18.3 Å². The Bertz CT molecular complexity index is 728. The quantitative estimate of drug-likeness (QED) is 0.800. The maximum absolute atomic E-state index is 12.6. The highest BCUT2D eigenvalue weighted by Crippen LogP contribution is 2.33. The molecule has 1 fully saturated rings. The van der Waals surface area contributed by atoms with Crippen molar-refractivity contribution in [2.24, 2.45) is 0 Å². The van der Waals surface area contributed by atoms with Crippen LogP contribution in [0, 0.1) is 0 Å². The molecule has 7 nitrogen and oxygen atoms in total. The number of hydrogen-bond donors (Lipinski definition) is 1. The Morgan fingerprint density at radius 2 is 1.92 bits per heavy atom. The molecule has 0 saturated carbocycles. The van der Waals surface area contributed by atoms with Crippen molar-refractivity contribution in [3.63, 3.8) is 0 Å². The van der Waals surface area contributed by atoms with Crippen molar-refractivity contribution < 1.29 is 27.2 Å². The molecule has 26 heavy (non-hydrogen) atoms. The molecular weight excluding hydrogens is 358 g/mol. The van der Waals surface area contributed by atoms with Crippen molar-refractivity contribution in [3.8, 4) is 0 Å². The third kappa shape index (κ3) is 5.96. The van der Waals surface area contributed by atoms with Gasteiger partial charge in [-0.2, -0.15) is 8.42 Å². The molecule has 2 rings (SSSR count). The largest absolute Gasteiger partial charge is 0.444 e. The summed E-state index contributed by atoms with van der Waals surface area (Å²) in [5, 5.41) is 11.3. The Balaban J connectivity index is 2.26. The van der Waals surface area contributed by atoms with E-state index < -0.39 is 33.6 Å². The number of carbonyl (C=O) groups excluding carboxylic acids is 1. The van der Waals surface area contributed by atoms with E-state index in [0.29, 0.717) is 6.42 Å². The number of aliphatic hydroxyl groups is 1. The minimum atomic E-state index is -3.66. The number of carbonyl (C=O) groups is 1. The predicted octanol–water partition coefficient (Wildman–Crippen LogP) is 2.29. The molecule has 146 valence electrons. The van der Waals surface area contributed by atoms with E-state index in [4.69, 9.17) is 8.92 Å². The summed E-state index contributed by atoms with van der Waals surface area (Å²) in [6, 6.07) is 9.21. The van der Waals surface area contributed by atoms with Crippen LogP contribution in [-0.2, 0) is 25.5 Å². The van der Waals surface area contributed by atoms with E-state index in [0.717, 1.165) is 11.8 Å². The van der Waals surface area contributed by atoms with Crippen molar-refractivity contribution in [1.29, 1.82) is 0 Å². The Morgan fingerprint density at radius 3 is 2.46 bits per heavy atom. The first kappa shape index (κ1) is 20.7. The van der Waals surface area contributed by atoms with Gasteiger partial charge in [0.05, 0.1) is 12.4 Å². The van der Waals surface area contributed by atoms with Gasteiger partial charge in [0.25, 0.3) is 10.1 Å². The first-order chi connectivity index (χ1) is 11.9. The molecule has 0 spiro atoms. The zero-order valence-corrected chi connectivity index (χ0v) is 16.5.